The Labute approximate surface area is 146 Å². The van der Waals surface area contributed by atoms with E-state index in [1.54, 1.807) is 0 Å². The molecule has 6 heteroatoms. The number of aliphatic imine (C=N–C) groups is 1. The quantitative estimate of drug-likeness (QED) is 0.880. The van der Waals surface area contributed by atoms with Crippen molar-refractivity contribution in [1.29, 1.82) is 0 Å². The normalized spacial score (nSPS) is 22.8. The van der Waals surface area contributed by atoms with Gasteiger partial charge >= 0.3 is 0 Å². The zero-order chi connectivity index (χ0) is 17.1. The van der Waals surface area contributed by atoms with Gasteiger partial charge in [0, 0.05) is 12.1 Å². The number of rotatable bonds is 4. The SMILES string of the molecule is Cc1cccc(C)c1NC(=O)C[C@H]1SC(=NC2CCCC2)NC1=O. The van der Waals surface area contributed by atoms with Gasteiger partial charge in [0.15, 0.2) is 5.17 Å². The maximum atomic E-state index is 12.3. The summed E-state index contributed by atoms with van der Waals surface area (Å²) in [7, 11) is 0. The fraction of sp³-hybridized carbons (Fsp3) is 0.500. The number of amides is 2. The molecule has 1 heterocycles. The van der Waals surface area contributed by atoms with Gasteiger partial charge in [0.25, 0.3) is 0 Å². The molecule has 0 unspecified atom stereocenters. The van der Waals surface area contributed by atoms with E-state index in [0.717, 1.165) is 29.7 Å². The lowest BCUT2D eigenvalue weighted by Crippen LogP contribution is -2.28. The third kappa shape index (κ3) is 3.98. The third-order valence-electron chi connectivity index (χ3n) is 4.52. The molecule has 1 aliphatic carbocycles. The fourth-order valence-corrected chi connectivity index (χ4v) is 4.21. The molecular weight excluding hydrogens is 322 g/mol. The molecule has 3 rings (SSSR count). The first kappa shape index (κ1) is 17.0. The number of nitrogens with zero attached hydrogens (tertiary/aromatic N) is 1. The molecule has 1 atom stereocenters. The molecule has 1 aliphatic heterocycles. The number of nitrogens with one attached hydrogen (secondary N) is 2. The summed E-state index contributed by atoms with van der Waals surface area (Å²) in [5, 5.41) is 6.04. The van der Waals surface area contributed by atoms with Gasteiger partial charge in [0.1, 0.15) is 5.25 Å². The van der Waals surface area contributed by atoms with Crippen molar-refractivity contribution in [3.8, 4) is 0 Å². The Bertz CT molecular complexity index is 661. The van der Waals surface area contributed by atoms with E-state index in [1.807, 2.05) is 32.0 Å². The monoisotopic (exact) mass is 345 g/mol. The van der Waals surface area contributed by atoms with Crippen molar-refractivity contribution >= 4 is 34.4 Å². The van der Waals surface area contributed by atoms with Crippen LogP contribution in [0, 0.1) is 13.8 Å². The Hall–Kier alpha value is -1.82. The molecule has 1 aromatic rings. The second-order valence-corrected chi connectivity index (χ2v) is 7.68. The number of aryl methyl sites for hydroxylation is 2. The molecule has 128 valence electrons. The van der Waals surface area contributed by atoms with Crippen LogP contribution in [0.4, 0.5) is 5.69 Å². The molecular formula is C18H23N3O2S. The van der Waals surface area contributed by atoms with E-state index in [9.17, 15) is 9.59 Å². The van der Waals surface area contributed by atoms with Crippen LogP contribution >= 0.6 is 11.8 Å². The lowest BCUT2D eigenvalue weighted by atomic mass is 10.1. The van der Waals surface area contributed by atoms with Crippen molar-refractivity contribution in [2.45, 2.75) is 57.2 Å². The molecule has 2 N–H and O–H groups in total. The first-order valence-corrected chi connectivity index (χ1v) is 9.32. The number of hydrogen-bond acceptors (Lipinski definition) is 4. The highest BCUT2D eigenvalue weighted by atomic mass is 32.2. The summed E-state index contributed by atoms with van der Waals surface area (Å²) in [4.78, 5) is 29.0. The maximum Gasteiger partial charge on any atom is 0.240 e. The number of amidine groups is 1. The first-order chi connectivity index (χ1) is 11.5. The summed E-state index contributed by atoms with van der Waals surface area (Å²) < 4.78 is 0. The van der Waals surface area contributed by atoms with E-state index in [1.165, 1.54) is 24.6 Å². The van der Waals surface area contributed by atoms with E-state index in [2.05, 4.69) is 15.6 Å². The van der Waals surface area contributed by atoms with E-state index >= 15 is 0 Å². The zero-order valence-electron chi connectivity index (χ0n) is 14.1. The molecule has 0 radical (unpaired) electrons. The Balaban J connectivity index is 1.59. The summed E-state index contributed by atoms with van der Waals surface area (Å²) in [6.07, 6.45) is 4.77. The van der Waals surface area contributed by atoms with E-state index in [0.29, 0.717) is 11.2 Å². The number of hydrogen-bond donors (Lipinski definition) is 2. The molecule has 0 bridgehead atoms. The van der Waals surface area contributed by atoms with Gasteiger partial charge in [-0.3, -0.25) is 14.6 Å². The highest BCUT2D eigenvalue weighted by molar-refractivity contribution is 8.15. The van der Waals surface area contributed by atoms with Crippen LogP contribution in [0.25, 0.3) is 0 Å². The molecule has 2 aliphatic rings. The largest absolute Gasteiger partial charge is 0.326 e. The van der Waals surface area contributed by atoms with Crippen molar-refractivity contribution in [2.24, 2.45) is 4.99 Å². The summed E-state index contributed by atoms with van der Waals surface area (Å²) in [6.45, 7) is 3.93. The molecule has 0 spiro atoms. The number of carbonyl (C=O) groups is 2. The van der Waals surface area contributed by atoms with Crippen LogP contribution in [-0.4, -0.2) is 28.3 Å². The van der Waals surface area contributed by atoms with Gasteiger partial charge in [-0.25, -0.2) is 0 Å². The van der Waals surface area contributed by atoms with Crippen LogP contribution in [0.3, 0.4) is 0 Å². The van der Waals surface area contributed by atoms with Gasteiger partial charge in [-0.15, -0.1) is 0 Å². The van der Waals surface area contributed by atoms with Crippen LogP contribution < -0.4 is 10.6 Å². The van der Waals surface area contributed by atoms with Crippen LogP contribution in [0.1, 0.15) is 43.2 Å². The topological polar surface area (TPSA) is 70.6 Å². The lowest BCUT2D eigenvalue weighted by molar-refractivity contribution is -0.122. The fourth-order valence-electron chi connectivity index (χ4n) is 3.17. The summed E-state index contributed by atoms with van der Waals surface area (Å²) >= 11 is 1.38. The Morgan fingerprint density at radius 3 is 2.62 bits per heavy atom. The Morgan fingerprint density at radius 2 is 1.96 bits per heavy atom. The van der Waals surface area contributed by atoms with Crippen molar-refractivity contribution in [3.05, 3.63) is 29.3 Å². The standard InChI is InChI=1S/C18H23N3O2S/c1-11-6-5-7-12(2)16(11)20-15(22)10-14-17(23)21-18(24-14)19-13-8-3-4-9-13/h5-7,13-14H,3-4,8-10H2,1-2H3,(H,20,22)(H,19,21,23)/t14-/m1/s1. The molecule has 2 amide bonds. The Kier molecular flexibility index (Phi) is 5.23. The first-order valence-electron chi connectivity index (χ1n) is 8.44. The number of carbonyl (C=O) groups excluding carboxylic acids is 2. The molecule has 24 heavy (non-hydrogen) atoms. The lowest BCUT2D eigenvalue weighted by Gasteiger charge is -2.12. The summed E-state index contributed by atoms with van der Waals surface area (Å²) in [5.74, 6) is -0.254. The second-order valence-electron chi connectivity index (χ2n) is 6.49. The average molecular weight is 345 g/mol. The van der Waals surface area contributed by atoms with Gasteiger partial charge < -0.3 is 10.6 Å². The highest BCUT2D eigenvalue weighted by Gasteiger charge is 2.33. The van der Waals surface area contributed by atoms with Crippen molar-refractivity contribution in [3.63, 3.8) is 0 Å². The van der Waals surface area contributed by atoms with Crippen LogP contribution in [0.5, 0.6) is 0 Å². The molecule has 0 aromatic heterocycles. The van der Waals surface area contributed by atoms with Gasteiger partial charge in [-0.05, 0) is 37.8 Å². The van der Waals surface area contributed by atoms with E-state index in [4.69, 9.17) is 0 Å². The van der Waals surface area contributed by atoms with Gasteiger partial charge in [-0.1, -0.05) is 42.8 Å². The molecule has 1 saturated carbocycles. The average Bonchev–Trinajstić information content (AvgIpc) is 3.14. The van der Waals surface area contributed by atoms with Crippen LogP contribution in [0.15, 0.2) is 23.2 Å². The highest BCUT2D eigenvalue weighted by Crippen LogP contribution is 2.27. The van der Waals surface area contributed by atoms with Gasteiger partial charge in [-0.2, -0.15) is 0 Å². The van der Waals surface area contributed by atoms with E-state index in [-0.39, 0.29) is 18.2 Å². The minimum absolute atomic E-state index is 0.117. The van der Waals surface area contributed by atoms with Crippen molar-refractivity contribution in [1.82, 2.24) is 5.32 Å². The molecule has 5 nitrogen and oxygen atoms in total. The van der Waals surface area contributed by atoms with Crippen molar-refractivity contribution < 1.29 is 9.59 Å². The predicted octanol–water partition coefficient (Wildman–Crippen LogP) is 3.16. The number of anilines is 1. The number of thioether (sulfide) groups is 1. The molecule has 2 fully saturated rings. The molecule has 1 aromatic carbocycles. The third-order valence-corrected chi connectivity index (χ3v) is 5.61. The second kappa shape index (κ2) is 7.38. The smallest absolute Gasteiger partial charge is 0.240 e. The summed E-state index contributed by atoms with van der Waals surface area (Å²) in [5.41, 5.74) is 2.89. The Morgan fingerprint density at radius 1 is 1.29 bits per heavy atom. The minimum Gasteiger partial charge on any atom is -0.326 e. The number of benzene rings is 1. The summed E-state index contributed by atoms with van der Waals surface area (Å²) in [6, 6.07) is 6.22. The minimum atomic E-state index is -0.394. The maximum absolute atomic E-state index is 12.3. The van der Waals surface area contributed by atoms with Gasteiger partial charge in [0.2, 0.25) is 11.8 Å². The predicted molar refractivity (Wildman–Crippen MR) is 98.4 cm³/mol. The number of para-hydroxylation sites is 1. The van der Waals surface area contributed by atoms with E-state index < -0.39 is 5.25 Å². The molecule has 1 saturated heterocycles. The van der Waals surface area contributed by atoms with Crippen LogP contribution in [-0.2, 0) is 9.59 Å². The van der Waals surface area contributed by atoms with Gasteiger partial charge in [0.05, 0.1) is 6.04 Å². The van der Waals surface area contributed by atoms with Crippen LogP contribution in [0.2, 0.25) is 0 Å². The zero-order valence-corrected chi connectivity index (χ0v) is 14.9. The van der Waals surface area contributed by atoms with Crippen molar-refractivity contribution in [2.75, 3.05) is 5.32 Å².